The quantitative estimate of drug-likeness (QED) is 0.290. The van der Waals surface area contributed by atoms with Crippen molar-refractivity contribution in [3.05, 3.63) is 76.1 Å². The van der Waals surface area contributed by atoms with Crippen LogP contribution in [0.2, 0.25) is 0 Å². The number of aromatic nitrogens is 3. The van der Waals surface area contributed by atoms with E-state index in [1.807, 2.05) is 62.6 Å². The number of carbonyl (C=O) groups excluding carboxylic acids is 1. The van der Waals surface area contributed by atoms with Crippen LogP contribution in [-0.4, -0.2) is 25.6 Å². The second kappa shape index (κ2) is 9.95. The van der Waals surface area contributed by atoms with Crippen molar-refractivity contribution in [1.29, 1.82) is 0 Å². The lowest BCUT2D eigenvalue weighted by atomic mass is 9.92. The van der Waals surface area contributed by atoms with Crippen molar-refractivity contribution in [3.63, 3.8) is 0 Å². The summed E-state index contributed by atoms with van der Waals surface area (Å²) < 4.78 is 1.85. The first-order chi connectivity index (χ1) is 15.1. The molecule has 0 saturated heterocycles. The highest BCUT2D eigenvalue weighted by atomic mass is 32.2. The molecule has 1 heterocycles. The zero-order chi connectivity index (χ0) is 23.3. The molecule has 0 spiro atoms. The van der Waals surface area contributed by atoms with Crippen molar-refractivity contribution in [3.8, 4) is 5.69 Å². The van der Waals surface area contributed by atoms with Gasteiger partial charge in [0.15, 0.2) is 11.0 Å². The highest BCUT2D eigenvalue weighted by molar-refractivity contribution is 7.98. The number of rotatable bonds is 8. The molecule has 0 aliphatic heterocycles. The molecule has 3 rings (SSSR count). The standard InChI is InChI=1S/C23H27N5O3S/c1-16(24-20(29)14-23(2,3)4)21-25-26-22(32-15-17-8-6-5-7-9-17)27(21)18-10-12-19(13-11-18)28(30)31/h5-13,16H,14-15H2,1-4H3,(H,24,29). The molecule has 1 unspecified atom stereocenters. The molecule has 8 nitrogen and oxygen atoms in total. The van der Waals surface area contributed by atoms with Gasteiger partial charge in [-0.3, -0.25) is 19.5 Å². The van der Waals surface area contributed by atoms with Gasteiger partial charge < -0.3 is 5.32 Å². The first kappa shape index (κ1) is 23.5. The lowest BCUT2D eigenvalue weighted by Crippen LogP contribution is -2.31. The minimum atomic E-state index is -0.433. The van der Waals surface area contributed by atoms with Gasteiger partial charge in [-0.25, -0.2) is 0 Å². The van der Waals surface area contributed by atoms with Gasteiger partial charge in [-0.05, 0) is 30.0 Å². The third kappa shape index (κ3) is 6.16. The van der Waals surface area contributed by atoms with Crippen LogP contribution in [0.15, 0.2) is 59.8 Å². The lowest BCUT2D eigenvalue weighted by Gasteiger charge is -2.20. The van der Waals surface area contributed by atoms with Gasteiger partial charge >= 0.3 is 0 Å². The van der Waals surface area contributed by atoms with Gasteiger partial charge in [-0.1, -0.05) is 62.9 Å². The van der Waals surface area contributed by atoms with E-state index in [-0.39, 0.29) is 17.0 Å². The number of non-ortho nitro benzene ring substituents is 1. The average Bonchev–Trinajstić information content (AvgIpc) is 3.15. The van der Waals surface area contributed by atoms with Crippen LogP contribution >= 0.6 is 11.8 Å². The molecule has 1 aromatic heterocycles. The fourth-order valence-corrected chi connectivity index (χ4v) is 4.10. The Balaban J connectivity index is 1.91. The maximum atomic E-state index is 12.5. The maximum Gasteiger partial charge on any atom is 0.269 e. The van der Waals surface area contributed by atoms with Gasteiger partial charge in [0.2, 0.25) is 5.91 Å². The van der Waals surface area contributed by atoms with Gasteiger partial charge in [0.1, 0.15) is 0 Å². The largest absolute Gasteiger partial charge is 0.346 e. The van der Waals surface area contributed by atoms with Gasteiger partial charge in [0.05, 0.1) is 11.0 Å². The molecular formula is C23H27N5O3S. The number of amides is 1. The van der Waals surface area contributed by atoms with E-state index in [0.717, 1.165) is 5.56 Å². The van der Waals surface area contributed by atoms with Crippen LogP contribution < -0.4 is 5.32 Å². The zero-order valence-electron chi connectivity index (χ0n) is 18.6. The predicted octanol–water partition coefficient (Wildman–Crippen LogP) is 5.08. The third-order valence-corrected chi connectivity index (χ3v) is 5.64. The molecule has 0 saturated carbocycles. The minimum Gasteiger partial charge on any atom is -0.346 e. The van der Waals surface area contributed by atoms with E-state index in [1.165, 1.54) is 23.9 Å². The summed E-state index contributed by atoms with van der Waals surface area (Å²) in [5.41, 5.74) is 1.72. The molecule has 1 atom stereocenters. The van der Waals surface area contributed by atoms with Crippen molar-refractivity contribution in [2.24, 2.45) is 5.41 Å². The Kier molecular flexibility index (Phi) is 7.29. The Morgan fingerprint density at radius 3 is 2.38 bits per heavy atom. The van der Waals surface area contributed by atoms with Crippen LogP contribution in [0.5, 0.6) is 0 Å². The summed E-state index contributed by atoms with van der Waals surface area (Å²) in [4.78, 5) is 23.1. The van der Waals surface area contributed by atoms with Crippen molar-refractivity contribution >= 4 is 23.4 Å². The van der Waals surface area contributed by atoms with E-state index in [1.54, 1.807) is 12.1 Å². The van der Waals surface area contributed by atoms with Crippen LogP contribution in [0.3, 0.4) is 0 Å². The molecular weight excluding hydrogens is 426 g/mol. The second-order valence-corrected chi connectivity index (χ2v) is 9.69. The molecule has 32 heavy (non-hydrogen) atoms. The molecule has 1 amide bonds. The monoisotopic (exact) mass is 453 g/mol. The van der Waals surface area contributed by atoms with Crippen LogP contribution in [-0.2, 0) is 10.5 Å². The summed E-state index contributed by atoms with van der Waals surface area (Å²) in [5.74, 6) is 1.19. The number of hydrogen-bond acceptors (Lipinski definition) is 6. The molecule has 3 aromatic rings. The number of carbonyl (C=O) groups is 1. The van der Waals surface area contributed by atoms with E-state index < -0.39 is 11.0 Å². The zero-order valence-corrected chi connectivity index (χ0v) is 19.4. The molecule has 9 heteroatoms. The molecule has 0 bridgehead atoms. The molecule has 1 N–H and O–H groups in total. The Bertz CT molecular complexity index is 1080. The van der Waals surface area contributed by atoms with Crippen molar-refractivity contribution in [1.82, 2.24) is 20.1 Å². The molecule has 0 radical (unpaired) electrons. The SMILES string of the molecule is CC(NC(=O)CC(C)(C)C)c1nnc(SCc2ccccc2)n1-c1ccc([N+](=O)[O-])cc1. The Labute approximate surface area is 191 Å². The summed E-state index contributed by atoms with van der Waals surface area (Å²) in [6.07, 6.45) is 0.388. The number of thioether (sulfide) groups is 1. The number of nitrogens with one attached hydrogen (secondary N) is 1. The number of benzene rings is 2. The summed E-state index contributed by atoms with van der Waals surface area (Å²) in [6.45, 7) is 7.89. The van der Waals surface area contributed by atoms with Gasteiger partial charge in [0.25, 0.3) is 5.69 Å². The third-order valence-electron chi connectivity index (χ3n) is 4.64. The van der Waals surface area contributed by atoms with E-state index >= 15 is 0 Å². The highest BCUT2D eigenvalue weighted by Gasteiger charge is 2.23. The summed E-state index contributed by atoms with van der Waals surface area (Å²) in [5, 5.41) is 23.4. The second-order valence-electron chi connectivity index (χ2n) is 8.75. The van der Waals surface area contributed by atoms with E-state index in [9.17, 15) is 14.9 Å². The predicted molar refractivity (Wildman–Crippen MR) is 125 cm³/mol. The van der Waals surface area contributed by atoms with Gasteiger partial charge in [-0.15, -0.1) is 10.2 Å². The van der Waals surface area contributed by atoms with Crippen molar-refractivity contribution in [2.45, 2.75) is 51.1 Å². The van der Waals surface area contributed by atoms with Crippen molar-refractivity contribution in [2.75, 3.05) is 0 Å². The van der Waals surface area contributed by atoms with E-state index in [0.29, 0.717) is 28.8 Å². The van der Waals surface area contributed by atoms with Crippen LogP contribution in [0.1, 0.15) is 51.5 Å². The molecule has 0 aliphatic carbocycles. The van der Waals surface area contributed by atoms with Gasteiger partial charge in [0, 0.05) is 30.0 Å². The normalized spacial score (nSPS) is 12.4. The van der Waals surface area contributed by atoms with E-state index in [4.69, 9.17) is 0 Å². The topological polar surface area (TPSA) is 103 Å². The summed E-state index contributed by atoms with van der Waals surface area (Å²) in [6, 6.07) is 15.9. The Hall–Kier alpha value is -3.20. The number of nitrogens with zero attached hydrogens (tertiary/aromatic N) is 4. The number of nitro benzene ring substituents is 1. The number of hydrogen-bond donors (Lipinski definition) is 1. The fraction of sp³-hybridized carbons (Fsp3) is 0.348. The highest BCUT2D eigenvalue weighted by Crippen LogP contribution is 2.29. The number of nitro groups is 1. The summed E-state index contributed by atoms with van der Waals surface area (Å²) in [7, 11) is 0. The smallest absolute Gasteiger partial charge is 0.269 e. The molecule has 0 aliphatic rings. The summed E-state index contributed by atoms with van der Waals surface area (Å²) >= 11 is 1.52. The lowest BCUT2D eigenvalue weighted by molar-refractivity contribution is -0.384. The van der Waals surface area contributed by atoms with E-state index in [2.05, 4.69) is 15.5 Å². The molecule has 168 valence electrons. The average molecular weight is 454 g/mol. The van der Waals surface area contributed by atoms with Gasteiger partial charge in [-0.2, -0.15) is 0 Å². The fourth-order valence-electron chi connectivity index (χ4n) is 3.18. The maximum absolute atomic E-state index is 12.5. The minimum absolute atomic E-state index is 0.00777. The molecule has 2 aromatic carbocycles. The first-order valence-corrected chi connectivity index (χ1v) is 11.3. The van der Waals surface area contributed by atoms with Crippen LogP contribution in [0.4, 0.5) is 5.69 Å². The molecule has 0 fully saturated rings. The Morgan fingerprint density at radius 2 is 1.78 bits per heavy atom. The van der Waals surface area contributed by atoms with Crippen LogP contribution in [0, 0.1) is 15.5 Å². The Morgan fingerprint density at radius 1 is 1.12 bits per heavy atom. The van der Waals surface area contributed by atoms with Crippen LogP contribution in [0.25, 0.3) is 5.69 Å². The van der Waals surface area contributed by atoms with Crippen molar-refractivity contribution < 1.29 is 9.72 Å². The first-order valence-electron chi connectivity index (χ1n) is 10.3.